The third-order valence-corrected chi connectivity index (χ3v) is 3.38. The molecule has 0 aliphatic rings. The first-order valence-electron chi connectivity index (χ1n) is 6.13. The summed E-state index contributed by atoms with van der Waals surface area (Å²) < 4.78 is 39.4. The molecule has 10 heteroatoms. The van der Waals surface area contributed by atoms with Crippen LogP contribution in [-0.4, -0.2) is 19.9 Å². The van der Waals surface area contributed by atoms with Gasteiger partial charge in [-0.25, -0.2) is 9.97 Å². The molecule has 0 radical (unpaired) electrons. The Morgan fingerprint density at radius 1 is 1.30 bits per heavy atom. The molecular formula is C13H6ClF3N4O2. The van der Waals surface area contributed by atoms with Gasteiger partial charge in [0.2, 0.25) is 5.28 Å². The number of nitrogens with zero attached hydrogens (tertiary/aromatic N) is 3. The highest BCUT2D eigenvalue weighted by atomic mass is 35.5. The van der Waals surface area contributed by atoms with Gasteiger partial charge in [0.25, 0.3) is 5.69 Å². The van der Waals surface area contributed by atoms with E-state index < -0.39 is 22.4 Å². The van der Waals surface area contributed by atoms with Gasteiger partial charge in [0.15, 0.2) is 0 Å². The number of nitro benzene ring substituents is 1. The molecule has 0 aliphatic heterocycles. The van der Waals surface area contributed by atoms with E-state index in [0.717, 1.165) is 0 Å². The average molecular weight is 343 g/mol. The maximum atomic E-state index is 13.1. The molecule has 0 bridgehead atoms. The summed E-state index contributed by atoms with van der Waals surface area (Å²) in [6, 6.07) is 3.79. The number of aromatic nitrogens is 3. The van der Waals surface area contributed by atoms with Crippen molar-refractivity contribution < 1.29 is 18.1 Å². The van der Waals surface area contributed by atoms with Gasteiger partial charge in [-0.05, 0) is 17.7 Å². The van der Waals surface area contributed by atoms with Crippen LogP contribution in [0.3, 0.4) is 0 Å². The number of alkyl halides is 3. The lowest BCUT2D eigenvalue weighted by atomic mass is 10.1. The van der Waals surface area contributed by atoms with Crippen molar-refractivity contribution in [3.8, 4) is 11.3 Å². The summed E-state index contributed by atoms with van der Waals surface area (Å²) in [4.78, 5) is 19.9. The minimum atomic E-state index is -4.66. The van der Waals surface area contributed by atoms with Crippen molar-refractivity contribution >= 4 is 28.2 Å². The fourth-order valence-corrected chi connectivity index (χ4v) is 2.33. The number of fused-ring (bicyclic) bond motifs is 1. The molecule has 23 heavy (non-hydrogen) atoms. The first kappa shape index (κ1) is 15.2. The normalized spacial score (nSPS) is 11.8. The van der Waals surface area contributed by atoms with Gasteiger partial charge < -0.3 is 4.98 Å². The zero-order valence-electron chi connectivity index (χ0n) is 11.1. The lowest BCUT2D eigenvalue weighted by Gasteiger charge is -2.11. The first-order valence-corrected chi connectivity index (χ1v) is 6.51. The van der Waals surface area contributed by atoms with Gasteiger partial charge >= 0.3 is 6.18 Å². The van der Waals surface area contributed by atoms with Gasteiger partial charge in [0.1, 0.15) is 5.56 Å². The van der Waals surface area contributed by atoms with Crippen molar-refractivity contribution in [2.24, 2.45) is 0 Å². The Morgan fingerprint density at radius 2 is 2.04 bits per heavy atom. The molecule has 3 aromatic rings. The Kier molecular flexibility index (Phi) is 3.44. The van der Waals surface area contributed by atoms with E-state index in [-0.39, 0.29) is 16.5 Å². The summed E-state index contributed by atoms with van der Waals surface area (Å²) in [5, 5.41) is 10.8. The zero-order chi connectivity index (χ0) is 16.8. The quantitative estimate of drug-likeness (QED) is 0.429. The largest absolute Gasteiger partial charge is 0.419 e. The highest BCUT2D eigenvalue weighted by molar-refractivity contribution is 6.28. The van der Waals surface area contributed by atoms with E-state index >= 15 is 0 Å². The van der Waals surface area contributed by atoms with E-state index in [1.807, 2.05) is 0 Å². The van der Waals surface area contributed by atoms with Crippen molar-refractivity contribution in [3.63, 3.8) is 0 Å². The summed E-state index contributed by atoms with van der Waals surface area (Å²) in [7, 11) is 0. The summed E-state index contributed by atoms with van der Waals surface area (Å²) in [5.41, 5.74) is -1.16. The molecule has 0 saturated heterocycles. The van der Waals surface area contributed by atoms with Gasteiger partial charge in [-0.2, -0.15) is 13.2 Å². The number of aromatic amines is 1. The number of halogens is 4. The summed E-state index contributed by atoms with van der Waals surface area (Å²) >= 11 is 5.61. The van der Waals surface area contributed by atoms with Crippen LogP contribution in [0.5, 0.6) is 0 Å². The molecule has 2 aromatic heterocycles. The molecule has 118 valence electrons. The van der Waals surface area contributed by atoms with E-state index in [0.29, 0.717) is 17.1 Å². The monoisotopic (exact) mass is 342 g/mol. The maximum absolute atomic E-state index is 13.1. The van der Waals surface area contributed by atoms with Gasteiger partial charge in [-0.3, -0.25) is 10.1 Å². The molecule has 0 spiro atoms. The van der Waals surface area contributed by atoms with Crippen LogP contribution < -0.4 is 0 Å². The van der Waals surface area contributed by atoms with Crippen LogP contribution in [0.15, 0.2) is 30.6 Å². The number of non-ortho nitro benzene ring substituents is 1. The van der Waals surface area contributed by atoms with Crippen molar-refractivity contribution in [1.82, 2.24) is 15.0 Å². The predicted molar refractivity (Wildman–Crippen MR) is 76.0 cm³/mol. The second kappa shape index (κ2) is 5.20. The van der Waals surface area contributed by atoms with Gasteiger partial charge in [0, 0.05) is 35.5 Å². The van der Waals surface area contributed by atoms with Gasteiger partial charge in [0.05, 0.1) is 16.1 Å². The number of nitrogens with one attached hydrogen (secondary N) is 1. The molecule has 0 unspecified atom stereocenters. The van der Waals surface area contributed by atoms with E-state index in [2.05, 4.69) is 15.0 Å². The molecule has 0 aliphatic carbocycles. The second-order valence-electron chi connectivity index (χ2n) is 4.59. The van der Waals surface area contributed by atoms with Crippen molar-refractivity contribution in [2.45, 2.75) is 6.18 Å². The number of rotatable bonds is 2. The molecule has 1 aromatic carbocycles. The Hall–Kier alpha value is -2.68. The molecule has 0 atom stereocenters. The lowest BCUT2D eigenvalue weighted by molar-refractivity contribution is -0.384. The standard InChI is InChI=1S/C13H6ClF3N4O2/c14-12-19-5-9(13(15,16)17)11(20-12)8-4-18-10-3-6(21(22)23)1-2-7(8)10/h1-5,18H. The number of hydrogen-bond acceptors (Lipinski definition) is 4. The summed E-state index contributed by atoms with van der Waals surface area (Å²) in [6.07, 6.45) is -2.76. The third kappa shape index (κ3) is 2.70. The third-order valence-electron chi connectivity index (χ3n) is 3.20. The van der Waals surface area contributed by atoms with E-state index in [9.17, 15) is 23.3 Å². The van der Waals surface area contributed by atoms with Crippen LogP contribution in [-0.2, 0) is 6.18 Å². The van der Waals surface area contributed by atoms with E-state index in [4.69, 9.17) is 11.6 Å². The highest BCUT2D eigenvalue weighted by Gasteiger charge is 2.36. The van der Waals surface area contributed by atoms with Crippen LogP contribution in [0.2, 0.25) is 5.28 Å². The highest BCUT2D eigenvalue weighted by Crippen LogP contribution is 2.39. The van der Waals surface area contributed by atoms with E-state index in [1.54, 1.807) is 0 Å². The SMILES string of the molecule is O=[N+]([O-])c1ccc2c(-c3nc(Cl)ncc3C(F)(F)F)c[nH]c2c1. The topological polar surface area (TPSA) is 84.7 Å². The average Bonchev–Trinajstić information content (AvgIpc) is 2.88. The minimum absolute atomic E-state index is 0.131. The smallest absolute Gasteiger partial charge is 0.360 e. The molecular weight excluding hydrogens is 337 g/mol. The number of nitro groups is 1. The van der Waals surface area contributed by atoms with Gasteiger partial charge in [-0.1, -0.05) is 0 Å². The minimum Gasteiger partial charge on any atom is -0.360 e. The first-order chi connectivity index (χ1) is 10.8. The van der Waals surface area contributed by atoms with Crippen LogP contribution in [0.1, 0.15) is 5.56 Å². The maximum Gasteiger partial charge on any atom is 0.419 e. The zero-order valence-corrected chi connectivity index (χ0v) is 11.8. The Balaban J connectivity index is 2.25. The molecule has 2 heterocycles. The van der Waals surface area contributed by atoms with Crippen LogP contribution in [0.4, 0.5) is 18.9 Å². The van der Waals surface area contributed by atoms with Crippen LogP contribution in [0, 0.1) is 10.1 Å². The summed E-state index contributed by atoms with van der Waals surface area (Å²) in [5.74, 6) is 0. The van der Waals surface area contributed by atoms with Crippen molar-refractivity contribution in [2.75, 3.05) is 0 Å². The summed E-state index contributed by atoms with van der Waals surface area (Å²) in [6.45, 7) is 0. The van der Waals surface area contributed by atoms with Crippen LogP contribution >= 0.6 is 11.6 Å². The predicted octanol–water partition coefficient (Wildman–Crippen LogP) is 4.21. The van der Waals surface area contributed by atoms with Crippen LogP contribution in [0.25, 0.3) is 22.2 Å². The number of H-pyrrole nitrogens is 1. The molecule has 0 amide bonds. The van der Waals surface area contributed by atoms with Crippen molar-refractivity contribution in [3.05, 3.63) is 51.6 Å². The number of hydrogen-bond donors (Lipinski definition) is 1. The molecule has 3 rings (SSSR count). The number of benzene rings is 1. The fraction of sp³-hybridized carbons (Fsp3) is 0.0769. The Morgan fingerprint density at radius 3 is 2.70 bits per heavy atom. The Labute approximate surface area is 131 Å². The fourth-order valence-electron chi connectivity index (χ4n) is 2.20. The Bertz CT molecular complexity index is 923. The molecule has 1 N–H and O–H groups in total. The second-order valence-corrected chi connectivity index (χ2v) is 4.93. The van der Waals surface area contributed by atoms with E-state index in [1.165, 1.54) is 24.4 Å². The molecule has 6 nitrogen and oxygen atoms in total. The van der Waals surface area contributed by atoms with Gasteiger partial charge in [-0.15, -0.1) is 0 Å². The van der Waals surface area contributed by atoms with Crippen molar-refractivity contribution in [1.29, 1.82) is 0 Å². The molecule has 0 saturated carbocycles. The lowest BCUT2D eigenvalue weighted by Crippen LogP contribution is -2.09. The molecule has 0 fully saturated rings.